The van der Waals surface area contributed by atoms with Gasteiger partial charge in [0.05, 0.1) is 0 Å². The molecule has 0 aliphatic carbocycles. The zero-order chi connectivity index (χ0) is 22.7. The van der Waals surface area contributed by atoms with Crippen molar-refractivity contribution in [2.24, 2.45) is 0 Å². The van der Waals surface area contributed by atoms with Gasteiger partial charge in [-0.1, -0.05) is 70.8 Å². The number of nitrogens with zero attached hydrogens (tertiary/aromatic N) is 2. The van der Waals surface area contributed by atoms with Crippen molar-refractivity contribution < 1.29 is 0 Å². The van der Waals surface area contributed by atoms with Crippen LogP contribution in [0.25, 0.3) is 0 Å². The van der Waals surface area contributed by atoms with Crippen LogP contribution in [-0.2, 0) is 0 Å². The maximum Gasteiger partial charge on any atom is 0.108 e. The van der Waals surface area contributed by atoms with Gasteiger partial charge in [0.1, 0.15) is 6.17 Å². The first kappa shape index (κ1) is 21.7. The Morgan fingerprint density at radius 1 is 0.375 bits per heavy atom. The first-order valence-electron chi connectivity index (χ1n) is 11.3. The largest absolute Gasteiger partial charge is 0.320 e. The minimum absolute atomic E-state index is 0.0471. The molecule has 4 rings (SSSR count). The molecule has 0 fully saturated rings. The van der Waals surface area contributed by atoms with E-state index in [1.165, 1.54) is 45.0 Å². The number of anilines is 4. The van der Waals surface area contributed by atoms with Gasteiger partial charge in [0, 0.05) is 22.7 Å². The first-order valence-corrected chi connectivity index (χ1v) is 11.3. The smallest absolute Gasteiger partial charge is 0.108 e. The minimum atomic E-state index is 0.0471. The molecule has 2 heteroatoms. The van der Waals surface area contributed by atoms with Crippen molar-refractivity contribution in [1.29, 1.82) is 0 Å². The zero-order valence-electron chi connectivity index (χ0n) is 19.7. The van der Waals surface area contributed by atoms with Crippen molar-refractivity contribution in [1.82, 2.24) is 0 Å². The quantitative estimate of drug-likeness (QED) is 0.290. The number of hydrogen-bond donors (Lipinski definition) is 0. The fourth-order valence-corrected chi connectivity index (χ4v) is 4.10. The monoisotopic (exact) mass is 420 g/mol. The van der Waals surface area contributed by atoms with Crippen molar-refractivity contribution in [3.8, 4) is 0 Å². The van der Waals surface area contributed by atoms with Crippen LogP contribution in [0.15, 0.2) is 97.1 Å². The van der Waals surface area contributed by atoms with Crippen LogP contribution in [0.1, 0.15) is 29.2 Å². The summed E-state index contributed by atoms with van der Waals surface area (Å²) < 4.78 is 0. The molecule has 4 aromatic carbocycles. The molecule has 0 aliphatic heterocycles. The Bertz CT molecular complexity index is 956. The van der Waals surface area contributed by atoms with Crippen LogP contribution in [-0.4, -0.2) is 6.17 Å². The molecular weight excluding hydrogens is 388 g/mol. The summed E-state index contributed by atoms with van der Waals surface area (Å²) in [6.45, 7) is 10.8. The molecule has 0 saturated carbocycles. The van der Waals surface area contributed by atoms with Gasteiger partial charge in [-0.05, 0) is 83.1 Å². The van der Waals surface area contributed by atoms with Crippen molar-refractivity contribution in [3.63, 3.8) is 0 Å². The second-order valence-corrected chi connectivity index (χ2v) is 8.71. The second kappa shape index (κ2) is 9.32. The van der Waals surface area contributed by atoms with Gasteiger partial charge in [-0.25, -0.2) is 0 Å². The highest BCUT2D eigenvalue weighted by Crippen LogP contribution is 2.36. The SMILES string of the molecule is Cc1ccc(N(c2ccc(C)cc2)C(C)N(c2ccc(C)cc2)c2ccc(C)cc2)cc1. The predicted molar refractivity (Wildman–Crippen MR) is 138 cm³/mol. The molecule has 32 heavy (non-hydrogen) atoms. The molecule has 0 amide bonds. The summed E-state index contributed by atoms with van der Waals surface area (Å²) in [6, 6.07) is 35.2. The topological polar surface area (TPSA) is 6.48 Å². The Balaban J connectivity index is 1.85. The molecule has 0 bridgehead atoms. The van der Waals surface area contributed by atoms with Crippen LogP contribution in [0.2, 0.25) is 0 Å². The van der Waals surface area contributed by atoms with E-state index in [1.807, 2.05) is 0 Å². The van der Waals surface area contributed by atoms with E-state index in [9.17, 15) is 0 Å². The molecule has 0 unspecified atom stereocenters. The van der Waals surface area contributed by atoms with Crippen LogP contribution in [0.4, 0.5) is 22.7 Å². The van der Waals surface area contributed by atoms with Gasteiger partial charge >= 0.3 is 0 Å². The lowest BCUT2D eigenvalue weighted by Gasteiger charge is -2.40. The molecule has 0 atom stereocenters. The zero-order valence-corrected chi connectivity index (χ0v) is 19.7. The Kier molecular flexibility index (Phi) is 6.32. The van der Waals surface area contributed by atoms with Crippen molar-refractivity contribution in [2.45, 2.75) is 40.8 Å². The molecule has 2 nitrogen and oxygen atoms in total. The molecule has 0 aliphatic rings. The summed E-state index contributed by atoms with van der Waals surface area (Å²) in [5.74, 6) is 0. The highest BCUT2D eigenvalue weighted by molar-refractivity contribution is 5.71. The fourth-order valence-electron chi connectivity index (χ4n) is 4.10. The van der Waals surface area contributed by atoms with Crippen LogP contribution < -0.4 is 9.80 Å². The molecule has 0 saturated heterocycles. The van der Waals surface area contributed by atoms with Crippen molar-refractivity contribution in [2.75, 3.05) is 9.80 Å². The van der Waals surface area contributed by atoms with Crippen LogP contribution >= 0.6 is 0 Å². The maximum absolute atomic E-state index is 2.42. The lowest BCUT2D eigenvalue weighted by Crippen LogP contribution is -2.42. The van der Waals surface area contributed by atoms with E-state index in [-0.39, 0.29) is 6.17 Å². The summed E-state index contributed by atoms with van der Waals surface area (Å²) in [5, 5.41) is 0. The van der Waals surface area contributed by atoms with E-state index in [0.29, 0.717) is 0 Å². The molecule has 0 radical (unpaired) electrons. The average molecular weight is 421 g/mol. The van der Waals surface area contributed by atoms with E-state index < -0.39 is 0 Å². The summed E-state index contributed by atoms with van der Waals surface area (Å²) in [5.41, 5.74) is 9.76. The van der Waals surface area contributed by atoms with E-state index in [0.717, 1.165) is 0 Å². The van der Waals surface area contributed by atoms with Gasteiger partial charge in [0.2, 0.25) is 0 Å². The van der Waals surface area contributed by atoms with Crippen molar-refractivity contribution in [3.05, 3.63) is 119 Å². The Morgan fingerprint density at radius 2 is 0.562 bits per heavy atom. The molecule has 0 N–H and O–H groups in total. The van der Waals surface area contributed by atoms with Gasteiger partial charge in [0.25, 0.3) is 0 Å². The lowest BCUT2D eigenvalue weighted by atomic mass is 10.1. The third kappa shape index (κ3) is 4.70. The van der Waals surface area contributed by atoms with E-state index in [2.05, 4.69) is 141 Å². The summed E-state index contributed by atoms with van der Waals surface area (Å²) >= 11 is 0. The Morgan fingerprint density at radius 3 is 0.750 bits per heavy atom. The number of rotatable bonds is 6. The van der Waals surface area contributed by atoms with Crippen LogP contribution in [0.3, 0.4) is 0 Å². The third-order valence-electron chi connectivity index (χ3n) is 6.00. The molecule has 0 aromatic heterocycles. The van der Waals surface area contributed by atoms with Crippen molar-refractivity contribution >= 4 is 22.7 Å². The summed E-state index contributed by atoms with van der Waals surface area (Å²) in [6.07, 6.45) is 0.0471. The van der Waals surface area contributed by atoms with Gasteiger partial charge in [-0.15, -0.1) is 0 Å². The summed E-state index contributed by atoms with van der Waals surface area (Å²) in [7, 11) is 0. The first-order chi connectivity index (χ1) is 15.4. The molecular formula is C30H32N2. The molecule has 162 valence electrons. The third-order valence-corrected chi connectivity index (χ3v) is 6.00. The molecule has 4 aromatic rings. The summed E-state index contributed by atoms with van der Waals surface area (Å²) in [4.78, 5) is 4.83. The molecule has 0 spiro atoms. The number of aryl methyl sites for hydroxylation is 4. The van der Waals surface area contributed by atoms with E-state index >= 15 is 0 Å². The maximum atomic E-state index is 2.42. The predicted octanol–water partition coefficient (Wildman–Crippen LogP) is 8.24. The Hall–Kier alpha value is -3.52. The van der Waals surface area contributed by atoms with Gasteiger partial charge in [0.15, 0.2) is 0 Å². The number of hydrogen-bond acceptors (Lipinski definition) is 2. The van der Waals surface area contributed by atoms with Gasteiger partial charge in [-0.2, -0.15) is 0 Å². The number of benzene rings is 4. The minimum Gasteiger partial charge on any atom is -0.320 e. The standard InChI is InChI=1S/C30H32N2/c1-22-6-14-27(15-7-22)31(28-16-8-23(2)9-17-28)26(5)32(29-18-10-24(3)11-19-29)30-20-12-25(4)13-21-30/h6-21,26H,1-5H3. The average Bonchev–Trinajstić information content (AvgIpc) is 2.79. The van der Waals surface area contributed by atoms with Gasteiger partial charge in [-0.3, -0.25) is 0 Å². The second-order valence-electron chi connectivity index (χ2n) is 8.71. The molecule has 0 heterocycles. The highest BCUT2D eigenvalue weighted by Gasteiger charge is 2.25. The van der Waals surface area contributed by atoms with E-state index in [4.69, 9.17) is 0 Å². The Labute approximate surface area is 192 Å². The van der Waals surface area contributed by atoms with Crippen LogP contribution in [0, 0.1) is 27.7 Å². The fraction of sp³-hybridized carbons (Fsp3) is 0.200. The lowest BCUT2D eigenvalue weighted by molar-refractivity contribution is 0.720. The van der Waals surface area contributed by atoms with E-state index in [1.54, 1.807) is 0 Å². The normalized spacial score (nSPS) is 10.9. The highest BCUT2D eigenvalue weighted by atomic mass is 15.4. The van der Waals surface area contributed by atoms with Gasteiger partial charge < -0.3 is 9.80 Å². The van der Waals surface area contributed by atoms with Crippen LogP contribution in [0.5, 0.6) is 0 Å².